The Kier molecular flexibility index (Phi) is 4.99. The molecule has 0 amide bonds. The number of benzene rings is 2. The Bertz CT molecular complexity index is 1180. The molecule has 4 rings (SSSR count). The van der Waals surface area contributed by atoms with Gasteiger partial charge < -0.3 is 5.11 Å². The average molecular weight is 482 g/mol. The van der Waals surface area contributed by atoms with Gasteiger partial charge in [0.15, 0.2) is 0 Å². The highest BCUT2D eigenvalue weighted by atomic mass is 79.9. The standard InChI is InChI=1S/C19H11BrCl2N2O2S/c20-12-2-4-16-13(7-12)11(8-23-16)6-17-18(25)24(19(26)27-17)9-10-1-3-14(21)15(22)5-10/h1-8,25H,9H2. The molecule has 0 saturated carbocycles. The highest BCUT2D eigenvalue weighted by Crippen LogP contribution is 2.36. The van der Waals surface area contributed by atoms with Crippen LogP contribution in [0.4, 0.5) is 5.69 Å². The summed E-state index contributed by atoms with van der Waals surface area (Å²) in [6, 6.07) is 10.9. The third kappa shape index (κ3) is 3.62. The van der Waals surface area contributed by atoms with E-state index in [4.69, 9.17) is 23.2 Å². The zero-order chi connectivity index (χ0) is 19.1. The van der Waals surface area contributed by atoms with Gasteiger partial charge in [0.2, 0.25) is 5.88 Å². The molecule has 0 atom stereocenters. The van der Waals surface area contributed by atoms with Crippen molar-refractivity contribution in [3.05, 3.63) is 76.6 Å². The second kappa shape index (κ2) is 7.28. The predicted molar refractivity (Wildman–Crippen MR) is 116 cm³/mol. The van der Waals surface area contributed by atoms with Crippen molar-refractivity contribution < 1.29 is 5.11 Å². The fraction of sp³-hybridized carbons (Fsp3) is 0.0526. The van der Waals surface area contributed by atoms with E-state index in [2.05, 4.69) is 20.9 Å². The molecule has 3 aromatic rings. The molecule has 2 heterocycles. The SMILES string of the molecule is O=c1sc(C=C2C=Nc3ccc(Br)cc32)c(O)n1Cc1ccc(Cl)c(Cl)c1. The number of nitrogens with zero attached hydrogens (tertiary/aromatic N) is 2. The molecule has 4 nitrogen and oxygen atoms in total. The van der Waals surface area contributed by atoms with E-state index in [0.29, 0.717) is 14.9 Å². The summed E-state index contributed by atoms with van der Waals surface area (Å²) < 4.78 is 2.25. The number of hydrogen-bond acceptors (Lipinski definition) is 4. The number of aromatic hydroxyl groups is 1. The molecule has 2 aromatic carbocycles. The summed E-state index contributed by atoms with van der Waals surface area (Å²) in [6.45, 7) is 0.206. The van der Waals surface area contributed by atoms with E-state index in [0.717, 1.165) is 38.2 Å². The third-order valence-electron chi connectivity index (χ3n) is 4.12. The fourth-order valence-corrected chi connectivity index (χ4v) is 4.30. The average Bonchev–Trinajstić information content (AvgIpc) is 3.14. The quantitative estimate of drug-likeness (QED) is 0.499. The number of halogens is 3. The molecule has 136 valence electrons. The van der Waals surface area contributed by atoms with Crippen molar-refractivity contribution in [2.75, 3.05) is 0 Å². The van der Waals surface area contributed by atoms with E-state index >= 15 is 0 Å². The molecule has 0 spiro atoms. The first-order chi connectivity index (χ1) is 12.9. The van der Waals surface area contributed by atoms with Gasteiger partial charge in [-0.05, 0) is 42.0 Å². The highest BCUT2D eigenvalue weighted by molar-refractivity contribution is 9.10. The van der Waals surface area contributed by atoms with Gasteiger partial charge in [-0.1, -0.05) is 56.5 Å². The van der Waals surface area contributed by atoms with Gasteiger partial charge >= 0.3 is 4.87 Å². The van der Waals surface area contributed by atoms with Gasteiger partial charge in [0.25, 0.3) is 0 Å². The zero-order valence-electron chi connectivity index (χ0n) is 13.6. The van der Waals surface area contributed by atoms with Gasteiger partial charge in [0.1, 0.15) is 0 Å². The van der Waals surface area contributed by atoms with Crippen molar-refractivity contribution in [3.63, 3.8) is 0 Å². The minimum absolute atomic E-state index is 0.0829. The molecule has 0 radical (unpaired) electrons. The van der Waals surface area contributed by atoms with Crippen LogP contribution in [0.3, 0.4) is 0 Å². The largest absolute Gasteiger partial charge is 0.493 e. The lowest BCUT2D eigenvalue weighted by atomic mass is 10.1. The molecule has 27 heavy (non-hydrogen) atoms. The Hall–Kier alpha value is -1.86. The Balaban J connectivity index is 1.70. The van der Waals surface area contributed by atoms with E-state index in [1.807, 2.05) is 18.2 Å². The highest BCUT2D eigenvalue weighted by Gasteiger charge is 2.17. The topological polar surface area (TPSA) is 54.6 Å². The maximum absolute atomic E-state index is 12.4. The van der Waals surface area contributed by atoms with Crippen LogP contribution < -0.4 is 4.87 Å². The van der Waals surface area contributed by atoms with Crippen molar-refractivity contribution in [1.82, 2.24) is 4.57 Å². The zero-order valence-corrected chi connectivity index (χ0v) is 17.5. The number of hydrogen-bond donors (Lipinski definition) is 1. The van der Waals surface area contributed by atoms with Gasteiger partial charge in [-0.25, -0.2) is 0 Å². The van der Waals surface area contributed by atoms with Crippen LogP contribution in [0.1, 0.15) is 16.0 Å². The molecular formula is C19H11BrCl2N2O2S. The van der Waals surface area contributed by atoms with E-state index in [1.165, 1.54) is 4.57 Å². The minimum atomic E-state index is -0.255. The third-order valence-corrected chi connectivity index (χ3v) is 6.26. The molecule has 1 N–H and O–H groups in total. The van der Waals surface area contributed by atoms with Crippen molar-refractivity contribution >= 4 is 74.0 Å². The van der Waals surface area contributed by atoms with Crippen LogP contribution >= 0.6 is 50.5 Å². The van der Waals surface area contributed by atoms with Crippen LogP contribution in [0, 0.1) is 0 Å². The number of thiazole rings is 1. The lowest BCUT2D eigenvalue weighted by molar-refractivity contribution is 0.420. The number of rotatable bonds is 3. The normalized spacial score (nSPS) is 14.1. The summed E-state index contributed by atoms with van der Waals surface area (Å²) in [5.74, 6) is -0.0829. The minimum Gasteiger partial charge on any atom is -0.493 e. The maximum Gasteiger partial charge on any atom is 0.310 e. The first kappa shape index (κ1) is 18.5. The Morgan fingerprint density at radius 2 is 2.00 bits per heavy atom. The maximum atomic E-state index is 12.4. The summed E-state index contributed by atoms with van der Waals surface area (Å²) in [4.78, 5) is 17.0. The van der Waals surface area contributed by atoms with Gasteiger partial charge in [0.05, 0.1) is 27.2 Å². The number of fused-ring (bicyclic) bond motifs is 1. The summed E-state index contributed by atoms with van der Waals surface area (Å²) >= 11 is 16.4. The van der Waals surface area contributed by atoms with Gasteiger partial charge in [-0.2, -0.15) is 0 Å². The van der Waals surface area contributed by atoms with Crippen molar-refractivity contribution in [2.45, 2.75) is 6.54 Å². The van der Waals surface area contributed by atoms with Gasteiger partial charge in [-0.3, -0.25) is 14.4 Å². The van der Waals surface area contributed by atoms with Crippen LogP contribution in [0.25, 0.3) is 11.6 Å². The predicted octanol–water partition coefficient (Wildman–Crippen LogP) is 5.99. The number of aliphatic imine (C=N–C) groups is 1. The molecule has 0 fully saturated rings. The Labute approximate surface area is 177 Å². The van der Waals surface area contributed by atoms with Crippen LogP contribution in [-0.4, -0.2) is 15.9 Å². The molecule has 0 saturated heterocycles. The number of aromatic nitrogens is 1. The number of allylic oxidation sites excluding steroid dienone is 1. The Morgan fingerprint density at radius 1 is 1.19 bits per heavy atom. The van der Waals surface area contributed by atoms with E-state index in [1.54, 1.807) is 30.5 Å². The van der Waals surface area contributed by atoms with Crippen LogP contribution in [-0.2, 0) is 6.54 Å². The van der Waals surface area contributed by atoms with Crippen LogP contribution in [0.2, 0.25) is 10.0 Å². The molecule has 0 aliphatic carbocycles. The fourth-order valence-electron chi connectivity index (χ4n) is 2.79. The first-order valence-corrected chi connectivity index (χ1v) is 10.2. The van der Waals surface area contributed by atoms with E-state index < -0.39 is 0 Å². The summed E-state index contributed by atoms with van der Waals surface area (Å²) in [5, 5.41) is 11.4. The van der Waals surface area contributed by atoms with E-state index in [-0.39, 0.29) is 17.3 Å². The monoisotopic (exact) mass is 480 g/mol. The smallest absolute Gasteiger partial charge is 0.310 e. The van der Waals surface area contributed by atoms with E-state index in [9.17, 15) is 9.90 Å². The summed E-state index contributed by atoms with van der Waals surface area (Å²) in [7, 11) is 0. The van der Waals surface area contributed by atoms with Crippen LogP contribution in [0.5, 0.6) is 5.88 Å². The first-order valence-electron chi connectivity index (χ1n) is 7.84. The molecule has 0 unspecified atom stereocenters. The van der Waals surface area contributed by atoms with Gasteiger partial charge in [-0.15, -0.1) is 0 Å². The second-order valence-corrected chi connectivity index (χ2v) is 8.63. The molecule has 1 aliphatic rings. The molecule has 0 bridgehead atoms. The Morgan fingerprint density at radius 3 is 2.78 bits per heavy atom. The van der Waals surface area contributed by atoms with Crippen molar-refractivity contribution in [1.29, 1.82) is 0 Å². The van der Waals surface area contributed by atoms with Gasteiger partial charge in [0, 0.05) is 21.8 Å². The summed E-state index contributed by atoms with van der Waals surface area (Å²) in [6.07, 6.45) is 3.50. The molecular weight excluding hydrogens is 471 g/mol. The molecule has 1 aromatic heterocycles. The molecule has 1 aliphatic heterocycles. The molecule has 8 heteroatoms. The lowest BCUT2D eigenvalue weighted by Crippen LogP contribution is -2.13. The van der Waals surface area contributed by atoms with Crippen LogP contribution in [0.15, 0.2) is 50.7 Å². The van der Waals surface area contributed by atoms with Crippen molar-refractivity contribution in [2.24, 2.45) is 4.99 Å². The second-order valence-electron chi connectivity index (χ2n) is 5.91. The summed E-state index contributed by atoms with van der Waals surface area (Å²) in [5.41, 5.74) is 3.41. The van der Waals surface area contributed by atoms with Crippen molar-refractivity contribution in [3.8, 4) is 5.88 Å². The lowest BCUT2D eigenvalue weighted by Gasteiger charge is -2.05.